The van der Waals surface area contributed by atoms with Gasteiger partial charge >= 0.3 is 0 Å². The molecule has 2 aliphatic rings. The number of carbonyl (C=O) groups is 1. The quantitative estimate of drug-likeness (QED) is 0.434. The maximum absolute atomic E-state index is 12.3. The smallest absolute Gasteiger partial charge is 0.254 e. The molecule has 106 valence electrons. The van der Waals surface area contributed by atoms with Crippen molar-refractivity contribution in [3.63, 3.8) is 0 Å². The molecule has 1 amide bonds. The first-order valence-corrected chi connectivity index (χ1v) is 6.63. The topological polar surface area (TPSA) is 118 Å². The molecule has 1 aliphatic heterocycles. The second-order valence-electron chi connectivity index (χ2n) is 5.09. The number of amidine groups is 1. The number of fused-ring (bicyclic) bond motifs is 1. The fraction of sp³-hybridized carbons (Fsp3) is 0.286. The van der Waals surface area contributed by atoms with Crippen molar-refractivity contribution in [3.05, 3.63) is 29.3 Å². The van der Waals surface area contributed by atoms with Gasteiger partial charge in [0.25, 0.3) is 5.91 Å². The Morgan fingerprint density at radius 3 is 2.90 bits per heavy atom. The predicted molar refractivity (Wildman–Crippen MR) is 77.9 cm³/mol. The standard InChI is InChI=1S/C14H14N6O/c15-6-12(13(16)17)19-18-11-3-1-2-9-10(11)7-20(14(9)21)8-4-5-8/h1-3,8,18H,4-5,7H2,(H3,16,17)/b19-12+. The van der Waals surface area contributed by atoms with Gasteiger partial charge in [0.15, 0.2) is 5.84 Å². The number of nitrogens with two attached hydrogens (primary N) is 1. The van der Waals surface area contributed by atoms with E-state index in [4.69, 9.17) is 16.4 Å². The highest BCUT2D eigenvalue weighted by atomic mass is 16.2. The third-order valence-corrected chi connectivity index (χ3v) is 3.63. The average Bonchev–Trinajstić information content (AvgIpc) is 3.25. The van der Waals surface area contributed by atoms with Crippen LogP contribution in [0.4, 0.5) is 5.69 Å². The molecule has 1 aromatic rings. The van der Waals surface area contributed by atoms with Crippen LogP contribution in [0.1, 0.15) is 28.8 Å². The van der Waals surface area contributed by atoms with E-state index in [0.717, 1.165) is 18.4 Å². The van der Waals surface area contributed by atoms with Crippen LogP contribution in [0.25, 0.3) is 0 Å². The molecular formula is C14H14N6O. The Bertz CT molecular complexity index is 698. The normalized spacial score (nSPS) is 17.4. The molecule has 1 fully saturated rings. The molecule has 0 spiro atoms. The first-order valence-electron chi connectivity index (χ1n) is 6.63. The van der Waals surface area contributed by atoms with Crippen molar-refractivity contribution in [3.8, 4) is 6.07 Å². The number of rotatable bonds is 4. The van der Waals surface area contributed by atoms with Crippen LogP contribution in [0.2, 0.25) is 0 Å². The number of nitrogens with zero attached hydrogens (tertiary/aromatic N) is 3. The Morgan fingerprint density at radius 2 is 2.29 bits per heavy atom. The third-order valence-electron chi connectivity index (χ3n) is 3.63. The lowest BCUT2D eigenvalue weighted by Gasteiger charge is -2.13. The van der Waals surface area contributed by atoms with E-state index < -0.39 is 5.84 Å². The molecule has 1 aliphatic carbocycles. The second kappa shape index (κ2) is 4.90. The average molecular weight is 282 g/mol. The number of hydrogen-bond donors (Lipinski definition) is 3. The van der Waals surface area contributed by atoms with Gasteiger partial charge in [-0.15, -0.1) is 0 Å². The lowest BCUT2D eigenvalue weighted by molar-refractivity contribution is 0.0766. The Kier molecular flexibility index (Phi) is 3.06. The van der Waals surface area contributed by atoms with E-state index in [1.54, 1.807) is 24.3 Å². The first-order chi connectivity index (χ1) is 10.1. The van der Waals surface area contributed by atoms with Crippen LogP contribution in [0.15, 0.2) is 23.3 Å². The number of benzene rings is 1. The SMILES string of the molecule is N#C/C(=N\Nc1cccc2c1CN(C1CC1)C2=O)C(=N)N. The first kappa shape index (κ1) is 13.1. The molecule has 1 heterocycles. The van der Waals surface area contributed by atoms with Gasteiger partial charge in [-0.2, -0.15) is 10.4 Å². The summed E-state index contributed by atoms with van der Waals surface area (Å²) in [5.41, 5.74) is 10.0. The van der Waals surface area contributed by atoms with Gasteiger partial charge in [0.1, 0.15) is 6.07 Å². The van der Waals surface area contributed by atoms with E-state index in [-0.39, 0.29) is 11.6 Å². The van der Waals surface area contributed by atoms with Gasteiger partial charge in [-0.3, -0.25) is 15.6 Å². The van der Waals surface area contributed by atoms with E-state index in [1.807, 2.05) is 4.90 Å². The summed E-state index contributed by atoms with van der Waals surface area (Å²) in [6.07, 6.45) is 2.12. The van der Waals surface area contributed by atoms with Crippen LogP contribution >= 0.6 is 0 Å². The fourth-order valence-electron chi connectivity index (χ4n) is 2.40. The number of anilines is 1. The van der Waals surface area contributed by atoms with Gasteiger partial charge in [0.2, 0.25) is 5.71 Å². The van der Waals surface area contributed by atoms with Crippen molar-refractivity contribution >= 4 is 23.1 Å². The Morgan fingerprint density at radius 1 is 1.52 bits per heavy atom. The minimum Gasteiger partial charge on any atom is -0.382 e. The Hall–Kier alpha value is -2.88. The maximum Gasteiger partial charge on any atom is 0.254 e. The minimum atomic E-state index is -0.395. The van der Waals surface area contributed by atoms with Gasteiger partial charge in [-0.05, 0) is 25.0 Å². The molecule has 3 rings (SSSR count). The summed E-state index contributed by atoms with van der Waals surface area (Å²) in [5, 5.41) is 19.9. The molecular weight excluding hydrogens is 268 g/mol. The third kappa shape index (κ3) is 2.31. The van der Waals surface area contributed by atoms with Crippen LogP contribution < -0.4 is 11.2 Å². The van der Waals surface area contributed by atoms with Gasteiger partial charge in [-0.25, -0.2) is 0 Å². The number of hydrogen-bond acceptors (Lipinski definition) is 5. The summed E-state index contributed by atoms with van der Waals surface area (Å²) < 4.78 is 0. The summed E-state index contributed by atoms with van der Waals surface area (Å²) in [7, 11) is 0. The zero-order chi connectivity index (χ0) is 15.0. The molecule has 0 atom stereocenters. The Labute approximate surface area is 121 Å². The zero-order valence-corrected chi connectivity index (χ0v) is 11.3. The molecule has 1 saturated carbocycles. The van der Waals surface area contributed by atoms with Crippen LogP contribution in [-0.4, -0.2) is 28.4 Å². The van der Waals surface area contributed by atoms with E-state index in [2.05, 4.69) is 10.5 Å². The van der Waals surface area contributed by atoms with Gasteiger partial charge in [-0.1, -0.05) is 6.07 Å². The zero-order valence-electron chi connectivity index (χ0n) is 11.3. The van der Waals surface area contributed by atoms with Crippen molar-refractivity contribution in [2.45, 2.75) is 25.4 Å². The molecule has 1 aromatic carbocycles. The molecule has 0 aromatic heterocycles. The fourth-order valence-corrected chi connectivity index (χ4v) is 2.40. The summed E-state index contributed by atoms with van der Waals surface area (Å²) in [6, 6.07) is 7.46. The van der Waals surface area contributed by atoms with Crippen LogP contribution in [0.5, 0.6) is 0 Å². The van der Waals surface area contributed by atoms with Gasteiger partial charge in [0, 0.05) is 23.7 Å². The molecule has 0 saturated heterocycles. The lowest BCUT2D eigenvalue weighted by atomic mass is 10.1. The van der Waals surface area contributed by atoms with Crippen LogP contribution in [0, 0.1) is 16.7 Å². The number of carbonyl (C=O) groups excluding carboxylic acids is 1. The van der Waals surface area contributed by atoms with Crippen molar-refractivity contribution in [1.29, 1.82) is 10.7 Å². The monoisotopic (exact) mass is 282 g/mol. The molecule has 21 heavy (non-hydrogen) atoms. The number of nitrogens with one attached hydrogen (secondary N) is 2. The molecule has 0 unspecified atom stereocenters. The number of hydrazone groups is 1. The number of amides is 1. The Balaban J connectivity index is 1.88. The van der Waals surface area contributed by atoms with Crippen molar-refractivity contribution in [2.24, 2.45) is 10.8 Å². The molecule has 7 nitrogen and oxygen atoms in total. The summed E-state index contributed by atoms with van der Waals surface area (Å²) in [6.45, 7) is 0.555. The molecule has 0 bridgehead atoms. The second-order valence-corrected chi connectivity index (χ2v) is 5.09. The van der Waals surface area contributed by atoms with E-state index in [0.29, 0.717) is 23.8 Å². The molecule has 0 radical (unpaired) electrons. The minimum absolute atomic E-state index is 0.0483. The highest BCUT2D eigenvalue weighted by Crippen LogP contribution is 2.37. The molecule has 4 N–H and O–H groups in total. The summed E-state index contributed by atoms with van der Waals surface area (Å²) >= 11 is 0. The summed E-state index contributed by atoms with van der Waals surface area (Å²) in [5.74, 6) is -0.347. The van der Waals surface area contributed by atoms with Crippen LogP contribution in [-0.2, 0) is 6.54 Å². The van der Waals surface area contributed by atoms with Crippen molar-refractivity contribution < 1.29 is 4.79 Å². The highest BCUT2D eigenvalue weighted by molar-refractivity contribution is 6.45. The number of nitriles is 1. The van der Waals surface area contributed by atoms with E-state index >= 15 is 0 Å². The highest BCUT2D eigenvalue weighted by Gasteiger charge is 2.38. The predicted octanol–water partition coefficient (Wildman–Crippen LogP) is 1.03. The summed E-state index contributed by atoms with van der Waals surface area (Å²) in [4.78, 5) is 14.2. The van der Waals surface area contributed by atoms with E-state index in [9.17, 15) is 4.79 Å². The van der Waals surface area contributed by atoms with Crippen molar-refractivity contribution in [2.75, 3.05) is 5.43 Å². The maximum atomic E-state index is 12.3. The van der Waals surface area contributed by atoms with Gasteiger partial charge < -0.3 is 10.6 Å². The van der Waals surface area contributed by atoms with E-state index in [1.165, 1.54) is 0 Å². The van der Waals surface area contributed by atoms with Crippen molar-refractivity contribution in [1.82, 2.24) is 4.90 Å². The van der Waals surface area contributed by atoms with Gasteiger partial charge in [0.05, 0.1) is 5.69 Å². The lowest BCUT2D eigenvalue weighted by Crippen LogP contribution is -2.25. The van der Waals surface area contributed by atoms with Crippen LogP contribution in [0.3, 0.4) is 0 Å². The largest absolute Gasteiger partial charge is 0.382 e. The molecule has 7 heteroatoms.